The Labute approximate surface area is 208 Å². The van der Waals surface area contributed by atoms with Crippen LogP contribution >= 0.6 is 46.0 Å². The first-order chi connectivity index (χ1) is 15.4. The smallest absolute Gasteiger partial charge is 0.250 e. The van der Waals surface area contributed by atoms with Crippen molar-refractivity contribution < 1.29 is 18.7 Å². The fourth-order valence-electron chi connectivity index (χ4n) is 2.63. The summed E-state index contributed by atoms with van der Waals surface area (Å²) in [6, 6.07) is 17.1. The molecule has 0 spiro atoms. The van der Waals surface area contributed by atoms with E-state index in [9.17, 15) is 9.18 Å². The van der Waals surface area contributed by atoms with Crippen LogP contribution in [0.4, 0.5) is 4.39 Å². The van der Waals surface area contributed by atoms with Crippen LogP contribution in [0.2, 0.25) is 5.02 Å². The van der Waals surface area contributed by atoms with Gasteiger partial charge in [0.25, 0.3) is 0 Å². The van der Waals surface area contributed by atoms with Gasteiger partial charge >= 0.3 is 0 Å². The fraction of sp³-hybridized carbons (Fsp3) is 0.130. The van der Waals surface area contributed by atoms with E-state index in [0.717, 1.165) is 14.0 Å². The minimum atomic E-state index is -0.312. The van der Waals surface area contributed by atoms with Gasteiger partial charge < -0.3 is 9.47 Å². The average Bonchev–Trinajstić information content (AvgIpc) is 2.77. The lowest BCUT2D eigenvalue weighted by Gasteiger charge is -2.13. The fourth-order valence-corrected chi connectivity index (χ4v) is 4.23. The molecule has 3 aromatic carbocycles. The number of carbonyl (C=O) groups excluding carboxylic acids is 1. The van der Waals surface area contributed by atoms with Crippen molar-refractivity contribution in [1.29, 1.82) is 0 Å². The van der Waals surface area contributed by atoms with E-state index in [1.165, 1.54) is 37.2 Å². The lowest BCUT2D eigenvalue weighted by atomic mass is 10.2. The molecule has 0 heterocycles. The first-order valence-corrected chi connectivity index (χ1v) is 11.8. The molecule has 1 amide bonds. The van der Waals surface area contributed by atoms with E-state index >= 15 is 0 Å². The summed E-state index contributed by atoms with van der Waals surface area (Å²) < 4.78 is 25.4. The molecule has 0 aliphatic rings. The summed E-state index contributed by atoms with van der Waals surface area (Å²) >= 11 is 9.38. The highest BCUT2D eigenvalue weighted by atomic mass is 127. The highest BCUT2D eigenvalue weighted by Crippen LogP contribution is 2.34. The van der Waals surface area contributed by atoms with Crippen molar-refractivity contribution in [2.45, 2.75) is 11.5 Å². The Morgan fingerprint density at radius 1 is 1.22 bits per heavy atom. The van der Waals surface area contributed by atoms with Gasteiger partial charge in [0.2, 0.25) is 5.91 Å². The van der Waals surface area contributed by atoms with Crippen molar-refractivity contribution in [1.82, 2.24) is 5.43 Å². The molecule has 0 aliphatic heterocycles. The van der Waals surface area contributed by atoms with Crippen LogP contribution in [-0.2, 0) is 11.4 Å². The second-order valence-corrected chi connectivity index (χ2v) is 9.14. The number of nitrogens with one attached hydrogen (secondary N) is 1. The predicted octanol–water partition coefficient (Wildman–Crippen LogP) is 5.91. The van der Waals surface area contributed by atoms with Crippen LogP contribution in [0, 0.1) is 9.39 Å². The van der Waals surface area contributed by atoms with Crippen molar-refractivity contribution in [2.75, 3.05) is 12.9 Å². The molecular weight excluding hydrogens is 566 g/mol. The van der Waals surface area contributed by atoms with Gasteiger partial charge in [-0.15, -0.1) is 11.8 Å². The summed E-state index contributed by atoms with van der Waals surface area (Å²) in [5.41, 5.74) is 3.96. The van der Waals surface area contributed by atoms with Crippen molar-refractivity contribution in [3.05, 3.63) is 86.2 Å². The number of rotatable bonds is 9. The Kier molecular flexibility index (Phi) is 9.19. The summed E-state index contributed by atoms with van der Waals surface area (Å²) in [6.45, 7) is 0.207. The number of halogens is 3. The summed E-state index contributed by atoms with van der Waals surface area (Å²) in [7, 11) is 1.54. The monoisotopic (exact) mass is 584 g/mol. The maximum atomic E-state index is 13.4. The highest BCUT2D eigenvalue weighted by molar-refractivity contribution is 14.1. The first-order valence-electron chi connectivity index (χ1n) is 9.39. The summed E-state index contributed by atoms with van der Waals surface area (Å²) in [4.78, 5) is 13.0. The number of hydrogen-bond donors (Lipinski definition) is 1. The lowest BCUT2D eigenvalue weighted by Crippen LogP contribution is -2.19. The Bertz CT molecular complexity index is 1110. The Morgan fingerprint density at radius 2 is 2.00 bits per heavy atom. The standard InChI is InChI=1S/C23H19ClFIN2O3S/c1-30-21-11-16(10-20(26)23(21)31-13-15-3-2-4-18(25)9-15)12-27-28-22(29)14-32-19-7-5-17(24)6-8-19/h2-12H,13-14H2,1H3,(H,28,29)/b27-12-. The minimum Gasteiger partial charge on any atom is -0.493 e. The molecule has 3 aromatic rings. The molecule has 0 aromatic heterocycles. The van der Waals surface area contributed by atoms with Crippen LogP contribution in [0.15, 0.2) is 70.7 Å². The van der Waals surface area contributed by atoms with Crippen LogP contribution in [0.3, 0.4) is 0 Å². The van der Waals surface area contributed by atoms with Crippen LogP contribution in [0.1, 0.15) is 11.1 Å². The van der Waals surface area contributed by atoms with Crippen molar-refractivity contribution in [3.63, 3.8) is 0 Å². The van der Waals surface area contributed by atoms with Gasteiger partial charge in [-0.3, -0.25) is 4.79 Å². The van der Waals surface area contributed by atoms with E-state index in [2.05, 4.69) is 33.1 Å². The maximum Gasteiger partial charge on any atom is 0.250 e. The molecule has 0 aliphatic carbocycles. The van der Waals surface area contributed by atoms with Gasteiger partial charge in [-0.1, -0.05) is 23.7 Å². The molecule has 0 fully saturated rings. The quantitative estimate of drug-likeness (QED) is 0.147. The number of benzene rings is 3. The molecule has 0 bridgehead atoms. The van der Waals surface area contributed by atoms with Crippen molar-refractivity contribution in [2.24, 2.45) is 5.10 Å². The minimum absolute atomic E-state index is 0.207. The zero-order chi connectivity index (χ0) is 22.9. The molecule has 9 heteroatoms. The molecule has 0 saturated heterocycles. The van der Waals surface area contributed by atoms with Crippen LogP contribution in [0.25, 0.3) is 0 Å². The van der Waals surface area contributed by atoms with Gasteiger partial charge in [-0.05, 0) is 82.2 Å². The second-order valence-electron chi connectivity index (χ2n) is 6.49. The molecule has 3 rings (SSSR count). The van der Waals surface area contributed by atoms with E-state index in [0.29, 0.717) is 22.1 Å². The molecule has 32 heavy (non-hydrogen) atoms. The number of amides is 1. The SMILES string of the molecule is COc1cc(/C=N\NC(=O)CSc2ccc(Cl)cc2)cc(I)c1OCc1cccc(F)c1. The largest absolute Gasteiger partial charge is 0.493 e. The zero-order valence-corrected chi connectivity index (χ0v) is 20.7. The Morgan fingerprint density at radius 3 is 2.72 bits per heavy atom. The van der Waals surface area contributed by atoms with Gasteiger partial charge in [0, 0.05) is 9.92 Å². The molecule has 5 nitrogen and oxygen atoms in total. The third kappa shape index (κ3) is 7.39. The van der Waals surface area contributed by atoms with E-state index in [1.807, 2.05) is 18.2 Å². The zero-order valence-electron chi connectivity index (χ0n) is 17.0. The Balaban J connectivity index is 1.57. The summed E-state index contributed by atoms with van der Waals surface area (Å²) in [5.74, 6) is 0.760. The van der Waals surface area contributed by atoms with E-state index < -0.39 is 0 Å². The van der Waals surface area contributed by atoms with E-state index in [1.54, 1.807) is 30.3 Å². The highest BCUT2D eigenvalue weighted by Gasteiger charge is 2.12. The van der Waals surface area contributed by atoms with E-state index in [-0.39, 0.29) is 24.1 Å². The lowest BCUT2D eigenvalue weighted by molar-refractivity contribution is -0.118. The molecule has 0 unspecified atom stereocenters. The first kappa shape index (κ1) is 24.3. The normalized spacial score (nSPS) is 10.9. The third-order valence-electron chi connectivity index (χ3n) is 4.11. The number of thioether (sulfide) groups is 1. The summed E-state index contributed by atoms with van der Waals surface area (Å²) in [6.07, 6.45) is 1.53. The van der Waals surface area contributed by atoms with E-state index in [4.69, 9.17) is 21.1 Å². The molecule has 166 valence electrons. The Hall–Kier alpha value is -2.30. The van der Waals surface area contributed by atoms with Crippen molar-refractivity contribution in [3.8, 4) is 11.5 Å². The molecule has 0 atom stereocenters. The number of hydrogen-bond acceptors (Lipinski definition) is 5. The topological polar surface area (TPSA) is 59.9 Å². The average molecular weight is 585 g/mol. The number of nitrogens with zero attached hydrogens (tertiary/aromatic N) is 1. The number of carbonyl (C=O) groups is 1. The van der Waals surface area contributed by atoms with Gasteiger partial charge in [0.05, 0.1) is 22.6 Å². The number of hydrazone groups is 1. The maximum absolute atomic E-state index is 13.4. The number of ether oxygens (including phenoxy) is 2. The van der Waals surface area contributed by atoms with Crippen LogP contribution in [-0.4, -0.2) is 25.0 Å². The van der Waals surface area contributed by atoms with Crippen molar-refractivity contribution >= 4 is 58.1 Å². The third-order valence-corrected chi connectivity index (χ3v) is 6.18. The second kappa shape index (κ2) is 12.1. The number of methoxy groups -OCH3 is 1. The molecule has 0 radical (unpaired) electrons. The molecular formula is C23H19ClFIN2O3S. The molecule has 0 saturated carbocycles. The van der Waals surface area contributed by atoms with Gasteiger partial charge in [0.1, 0.15) is 12.4 Å². The van der Waals surface area contributed by atoms with Gasteiger partial charge in [-0.25, -0.2) is 9.82 Å². The molecule has 1 N–H and O–H groups in total. The predicted molar refractivity (Wildman–Crippen MR) is 134 cm³/mol. The summed E-state index contributed by atoms with van der Waals surface area (Å²) in [5, 5.41) is 4.67. The van der Waals surface area contributed by atoms with Crippen LogP contribution < -0.4 is 14.9 Å². The van der Waals surface area contributed by atoms with Gasteiger partial charge in [-0.2, -0.15) is 5.10 Å². The van der Waals surface area contributed by atoms with Crippen LogP contribution in [0.5, 0.6) is 11.5 Å². The van der Waals surface area contributed by atoms with Gasteiger partial charge in [0.15, 0.2) is 11.5 Å².